The first-order valence-electron chi connectivity index (χ1n) is 6.14. The molecular weight excluding hydrogens is 228 g/mol. The van der Waals surface area contributed by atoms with Gasteiger partial charge in [-0.05, 0) is 37.1 Å². The van der Waals surface area contributed by atoms with Crippen LogP contribution in [-0.4, -0.2) is 29.1 Å². The van der Waals surface area contributed by atoms with Crippen LogP contribution in [0.2, 0.25) is 0 Å². The van der Waals surface area contributed by atoms with E-state index < -0.39 is 0 Å². The summed E-state index contributed by atoms with van der Waals surface area (Å²) < 4.78 is 5.37. The molecule has 1 aliphatic heterocycles. The van der Waals surface area contributed by atoms with Crippen molar-refractivity contribution in [3.63, 3.8) is 0 Å². The van der Waals surface area contributed by atoms with Gasteiger partial charge in [0.15, 0.2) is 0 Å². The number of carbonyl (C=O) groups excluding carboxylic acids is 1. The molecule has 18 heavy (non-hydrogen) atoms. The van der Waals surface area contributed by atoms with Crippen molar-refractivity contribution in [2.45, 2.75) is 12.8 Å². The van der Waals surface area contributed by atoms with Gasteiger partial charge in [-0.3, -0.25) is 4.98 Å². The molecule has 4 nitrogen and oxygen atoms in total. The highest BCUT2D eigenvalue weighted by atomic mass is 16.6. The van der Waals surface area contributed by atoms with E-state index in [1.54, 1.807) is 17.2 Å². The zero-order valence-corrected chi connectivity index (χ0v) is 10.0. The third kappa shape index (κ3) is 2.14. The Bertz CT molecular complexity index is 577. The van der Waals surface area contributed by atoms with Gasteiger partial charge in [0.1, 0.15) is 5.75 Å². The third-order valence-corrected chi connectivity index (χ3v) is 3.14. The number of hydrogen-bond donors (Lipinski definition) is 0. The molecule has 0 unspecified atom stereocenters. The number of rotatable bonds is 1. The van der Waals surface area contributed by atoms with Crippen LogP contribution < -0.4 is 4.74 Å². The highest BCUT2D eigenvalue weighted by molar-refractivity contribution is 5.81. The molecule has 92 valence electrons. The molecule has 0 spiro atoms. The molecule has 1 amide bonds. The SMILES string of the molecule is O=C(Oc1ccc2ncccc2c1)N1CCCC1. The van der Waals surface area contributed by atoms with Crippen LogP contribution in [0.3, 0.4) is 0 Å². The molecule has 2 aromatic rings. The summed E-state index contributed by atoms with van der Waals surface area (Å²) in [5.74, 6) is 0.576. The predicted molar refractivity (Wildman–Crippen MR) is 68.6 cm³/mol. The molecule has 0 aliphatic carbocycles. The van der Waals surface area contributed by atoms with Gasteiger partial charge < -0.3 is 9.64 Å². The lowest BCUT2D eigenvalue weighted by Gasteiger charge is -2.14. The van der Waals surface area contributed by atoms with Gasteiger partial charge in [0.25, 0.3) is 0 Å². The lowest BCUT2D eigenvalue weighted by molar-refractivity contribution is 0.163. The Hall–Kier alpha value is -2.10. The van der Waals surface area contributed by atoms with E-state index in [9.17, 15) is 4.79 Å². The fourth-order valence-electron chi connectivity index (χ4n) is 2.18. The summed E-state index contributed by atoms with van der Waals surface area (Å²) in [7, 11) is 0. The van der Waals surface area contributed by atoms with Gasteiger partial charge in [0.2, 0.25) is 0 Å². The van der Waals surface area contributed by atoms with Crippen molar-refractivity contribution in [2.24, 2.45) is 0 Å². The van der Waals surface area contributed by atoms with Crippen molar-refractivity contribution >= 4 is 17.0 Å². The molecular formula is C14H14N2O2. The topological polar surface area (TPSA) is 42.4 Å². The van der Waals surface area contributed by atoms with Crippen LogP contribution in [0.4, 0.5) is 4.79 Å². The molecule has 0 radical (unpaired) electrons. The number of aromatic nitrogens is 1. The zero-order chi connectivity index (χ0) is 12.4. The molecule has 1 fully saturated rings. The molecule has 1 aliphatic rings. The second-order valence-corrected chi connectivity index (χ2v) is 4.42. The minimum Gasteiger partial charge on any atom is -0.410 e. The smallest absolute Gasteiger partial charge is 0.410 e. The third-order valence-electron chi connectivity index (χ3n) is 3.14. The Balaban J connectivity index is 1.79. The first-order chi connectivity index (χ1) is 8.83. The van der Waals surface area contributed by atoms with Crippen LogP contribution in [0.15, 0.2) is 36.5 Å². The van der Waals surface area contributed by atoms with Gasteiger partial charge in [-0.1, -0.05) is 6.07 Å². The Labute approximate surface area is 105 Å². The van der Waals surface area contributed by atoms with E-state index >= 15 is 0 Å². The van der Waals surface area contributed by atoms with Crippen molar-refractivity contribution < 1.29 is 9.53 Å². The molecule has 1 aromatic carbocycles. The van der Waals surface area contributed by atoms with Gasteiger partial charge in [0.05, 0.1) is 5.52 Å². The average molecular weight is 242 g/mol. The van der Waals surface area contributed by atoms with Crippen LogP contribution in [-0.2, 0) is 0 Å². The zero-order valence-electron chi connectivity index (χ0n) is 10.0. The van der Waals surface area contributed by atoms with Gasteiger partial charge >= 0.3 is 6.09 Å². The number of likely N-dealkylation sites (tertiary alicyclic amines) is 1. The summed E-state index contributed by atoms with van der Waals surface area (Å²) in [6.45, 7) is 1.60. The van der Waals surface area contributed by atoms with Crippen molar-refractivity contribution in [3.8, 4) is 5.75 Å². The molecule has 4 heteroatoms. The number of hydrogen-bond acceptors (Lipinski definition) is 3. The van der Waals surface area contributed by atoms with Crippen molar-refractivity contribution in [3.05, 3.63) is 36.5 Å². The maximum atomic E-state index is 11.8. The number of amides is 1. The fraction of sp³-hybridized carbons (Fsp3) is 0.286. The summed E-state index contributed by atoms with van der Waals surface area (Å²) in [5.41, 5.74) is 0.901. The maximum Gasteiger partial charge on any atom is 0.415 e. The monoisotopic (exact) mass is 242 g/mol. The lowest BCUT2D eigenvalue weighted by atomic mass is 10.2. The van der Waals surface area contributed by atoms with Gasteiger partial charge in [-0.25, -0.2) is 4.79 Å². The Kier molecular flexibility index (Phi) is 2.84. The maximum absolute atomic E-state index is 11.8. The van der Waals surface area contributed by atoms with E-state index in [0.717, 1.165) is 36.8 Å². The number of nitrogens with zero attached hydrogens (tertiary/aromatic N) is 2. The summed E-state index contributed by atoms with van der Waals surface area (Å²) in [6, 6.07) is 9.31. The minimum absolute atomic E-state index is 0.254. The van der Waals surface area contributed by atoms with E-state index in [1.165, 1.54) is 0 Å². The molecule has 0 N–H and O–H groups in total. The second kappa shape index (κ2) is 4.64. The first-order valence-corrected chi connectivity index (χ1v) is 6.14. The van der Waals surface area contributed by atoms with Crippen LogP contribution in [0, 0.1) is 0 Å². The highest BCUT2D eigenvalue weighted by Crippen LogP contribution is 2.20. The molecule has 2 heterocycles. The molecule has 3 rings (SSSR count). The Morgan fingerprint density at radius 3 is 2.89 bits per heavy atom. The fourth-order valence-corrected chi connectivity index (χ4v) is 2.18. The average Bonchev–Trinajstić information content (AvgIpc) is 2.92. The van der Waals surface area contributed by atoms with Crippen LogP contribution >= 0.6 is 0 Å². The Morgan fingerprint density at radius 1 is 1.22 bits per heavy atom. The number of fused-ring (bicyclic) bond motifs is 1. The summed E-state index contributed by atoms with van der Waals surface area (Å²) >= 11 is 0. The first kappa shape index (κ1) is 11.0. The summed E-state index contributed by atoms with van der Waals surface area (Å²) in [6.07, 6.45) is 3.63. The second-order valence-electron chi connectivity index (χ2n) is 4.42. The number of carbonyl (C=O) groups is 1. The molecule has 0 saturated carbocycles. The van der Waals surface area contributed by atoms with Crippen LogP contribution in [0.5, 0.6) is 5.75 Å². The summed E-state index contributed by atoms with van der Waals surface area (Å²) in [5, 5.41) is 0.976. The van der Waals surface area contributed by atoms with E-state index in [2.05, 4.69) is 4.98 Å². The van der Waals surface area contributed by atoms with Crippen LogP contribution in [0.1, 0.15) is 12.8 Å². The normalized spacial score (nSPS) is 15.0. The standard InChI is InChI=1S/C14H14N2O2/c17-14(16-8-1-2-9-16)18-12-5-6-13-11(10-12)4-3-7-15-13/h3-7,10H,1-2,8-9H2. The molecule has 1 saturated heterocycles. The Morgan fingerprint density at radius 2 is 2.06 bits per heavy atom. The summed E-state index contributed by atoms with van der Waals surface area (Å²) in [4.78, 5) is 17.8. The number of pyridine rings is 1. The van der Waals surface area contributed by atoms with Crippen molar-refractivity contribution in [1.29, 1.82) is 0 Å². The minimum atomic E-state index is -0.254. The van der Waals surface area contributed by atoms with Crippen LogP contribution in [0.25, 0.3) is 10.9 Å². The van der Waals surface area contributed by atoms with E-state index in [0.29, 0.717) is 5.75 Å². The van der Waals surface area contributed by atoms with E-state index in [1.807, 2.05) is 24.3 Å². The lowest BCUT2D eigenvalue weighted by Crippen LogP contribution is -2.30. The van der Waals surface area contributed by atoms with Gasteiger partial charge in [-0.15, -0.1) is 0 Å². The molecule has 1 aromatic heterocycles. The number of benzene rings is 1. The largest absolute Gasteiger partial charge is 0.415 e. The van der Waals surface area contributed by atoms with Gasteiger partial charge in [0, 0.05) is 24.7 Å². The van der Waals surface area contributed by atoms with E-state index in [4.69, 9.17) is 4.74 Å². The van der Waals surface area contributed by atoms with Crippen molar-refractivity contribution in [2.75, 3.05) is 13.1 Å². The number of ether oxygens (including phenoxy) is 1. The molecule has 0 atom stereocenters. The van der Waals surface area contributed by atoms with E-state index in [-0.39, 0.29) is 6.09 Å². The molecule has 0 bridgehead atoms. The predicted octanol–water partition coefficient (Wildman–Crippen LogP) is 2.83. The van der Waals surface area contributed by atoms with Gasteiger partial charge in [-0.2, -0.15) is 0 Å². The quantitative estimate of drug-likeness (QED) is 0.772. The van der Waals surface area contributed by atoms with Crippen molar-refractivity contribution in [1.82, 2.24) is 9.88 Å². The highest BCUT2D eigenvalue weighted by Gasteiger charge is 2.19.